The number of nitrogens with zero attached hydrogens (tertiary/aromatic N) is 2. The Hall–Kier alpha value is -1.55. The predicted octanol–water partition coefficient (Wildman–Crippen LogP) is 2.88. The van der Waals surface area contributed by atoms with Crippen LogP contribution in [0.4, 0.5) is 0 Å². The van der Waals surface area contributed by atoms with Crippen LogP contribution in [0.1, 0.15) is 17.0 Å². The highest BCUT2D eigenvalue weighted by atomic mass is 32.1. The molecule has 0 saturated carbocycles. The zero-order chi connectivity index (χ0) is 10.5. The molecule has 0 spiro atoms. The van der Waals surface area contributed by atoms with E-state index in [0.717, 1.165) is 16.3 Å². The Kier molecular flexibility index (Phi) is 1.60. The highest BCUT2D eigenvalue weighted by molar-refractivity contribution is 7.17. The van der Waals surface area contributed by atoms with E-state index in [1.807, 2.05) is 23.6 Å². The molecule has 1 aliphatic rings. The molecular formula is C12H11N3S. The molecule has 3 aromatic rings. The van der Waals surface area contributed by atoms with E-state index in [2.05, 4.69) is 26.6 Å². The van der Waals surface area contributed by atoms with Gasteiger partial charge in [0.05, 0.1) is 5.69 Å². The predicted molar refractivity (Wildman–Crippen MR) is 64.9 cm³/mol. The van der Waals surface area contributed by atoms with Gasteiger partial charge in [0, 0.05) is 23.0 Å². The number of hydrogen-bond donors (Lipinski definition) is 1. The summed E-state index contributed by atoms with van der Waals surface area (Å²) >= 11 is 1.84. The fraction of sp³-hybridized carbons (Fsp3) is 0.250. The maximum atomic E-state index is 4.67. The molecule has 0 radical (unpaired) electrons. The highest BCUT2D eigenvalue weighted by Gasteiger charge is 2.19. The molecule has 0 unspecified atom stereocenters. The number of fused-ring (bicyclic) bond motifs is 3. The topological polar surface area (TPSA) is 33.1 Å². The van der Waals surface area contributed by atoms with Gasteiger partial charge in [0.2, 0.25) is 0 Å². The van der Waals surface area contributed by atoms with Gasteiger partial charge in [-0.25, -0.2) is 4.98 Å². The van der Waals surface area contributed by atoms with E-state index in [-0.39, 0.29) is 0 Å². The Morgan fingerprint density at radius 2 is 2.38 bits per heavy atom. The fourth-order valence-corrected chi connectivity index (χ4v) is 3.61. The van der Waals surface area contributed by atoms with Crippen LogP contribution in [0.15, 0.2) is 24.5 Å². The van der Waals surface area contributed by atoms with Crippen LogP contribution < -0.4 is 0 Å². The second-order valence-corrected chi connectivity index (χ2v) is 5.25. The summed E-state index contributed by atoms with van der Waals surface area (Å²) in [5.74, 6) is 0. The number of aromatic nitrogens is 3. The third-order valence-corrected chi connectivity index (χ3v) is 4.35. The van der Waals surface area contributed by atoms with Gasteiger partial charge in [0.1, 0.15) is 5.69 Å². The third-order valence-electron chi connectivity index (χ3n) is 3.19. The SMILES string of the molecule is c1c[nH]c(-c2cn3c4c(sc3n2)CCC4)c1. The minimum absolute atomic E-state index is 1.05. The molecule has 0 fully saturated rings. The van der Waals surface area contributed by atoms with Gasteiger partial charge in [-0.3, -0.25) is 4.40 Å². The van der Waals surface area contributed by atoms with Crippen LogP contribution in [0.3, 0.4) is 0 Å². The Labute approximate surface area is 96.8 Å². The number of nitrogens with one attached hydrogen (secondary N) is 1. The smallest absolute Gasteiger partial charge is 0.194 e. The van der Waals surface area contributed by atoms with Crippen molar-refractivity contribution < 1.29 is 0 Å². The number of hydrogen-bond acceptors (Lipinski definition) is 2. The summed E-state index contributed by atoms with van der Waals surface area (Å²) in [5, 5.41) is 0. The summed E-state index contributed by atoms with van der Waals surface area (Å²) < 4.78 is 2.27. The van der Waals surface area contributed by atoms with E-state index in [1.165, 1.54) is 29.8 Å². The molecule has 1 aliphatic carbocycles. The molecule has 0 bridgehead atoms. The first-order valence-corrected chi connectivity index (χ1v) is 6.37. The van der Waals surface area contributed by atoms with Gasteiger partial charge in [-0.15, -0.1) is 11.3 Å². The van der Waals surface area contributed by atoms with Crippen LogP contribution in [-0.4, -0.2) is 14.4 Å². The molecule has 0 atom stereocenters. The first-order valence-electron chi connectivity index (χ1n) is 5.55. The maximum Gasteiger partial charge on any atom is 0.194 e. The van der Waals surface area contributed by atoms with Gasteiger partial charge >= 0.3 is 0 Å². The van der Waals surface area contributed by atoms with Crippen LogP contribution in [0.5, 0.6) is 0 Å². The van der Waals surface area contributed by atoms with Crippen molar-refractivity contribution in [1.29, 1.82) is 0 Å². The number of aromatic amines is 1. The Morgan fingerprint density at radius 1 is 1.38 bits per heavy atom. The quantitative estimate of drug-likeness (QED) is 0.684. The number of thiazole rings is 1. The molecule has 1 N–H and O–H groups in total. The number of H-pyrrole nitrogens is 1. The van der Waals surface area contributed by atoms with Crippen LogP contribution in [-0.2, 0) is 12.8 Å². The summed E-state index contributed by atoms with van der Waals surface area (Å²) in [4.78, 5) is 10.5. The molecule has 80 valence electrons. The van der Waals surface area contributed by atoms with Crippen LogP contribution in [0.25, 0.3) is 16.3 Å². The second-order valence-electron chi connectivity index (χ2n) is 4.19. The Balaban J connectivity index is 1.95. The maximum absolute atomic E-state index is 4.67. The molecule has 4 rings (SSSR count). The molecule has 0 saturated heterocycles. The number of rotatable bonds is 1. The second kappa shape index (κ2) is 2.98. The summed E-state index contributed by atoms with van der Waals surface area (Å²) in [6, 6.07) is 4.07. The molecule has 3 heterocycles. The minimum atomic E-state index is 1.05. The zero-order valence-electron chi connectivity index (χ0n) is 8.73. The average molecular weight is 229 g/mol. The van der Waals surface area contributed by atoms with Crippen LogP contribution in [0.2, 0.25) is 0 Å². The van der Waals surface area contributed by atoms with Crippen molar-refractivity contribution in [3.63, 3.8) is 0 Å². The van der Waals surface area contributed by atoms with E-state index in [4.69, 9.17) is 0 Å². The summed E-state index contributed by atoms with van der Waals surface area (Å²) in [6.45, 7) is 0. The molecule has 3 nitrogen and oxygen atoms in total. The molecule has 3 aromatic heterocycles. The largest absolute Gasteiger partial charge is 0.360 e. The first kappa shape index (κ1) is 8.58. The lowest BCUT2D eigenvalue weighted by molar-refractivity contribution is 0.888. The van der Waals surface area contributed by atoms with Gasteiger partial charge in [-0.2, -0.15) is 0 Å². The van der Waals surface area contributed by atoms with Crippen molar-refractivity contribution in [1.82, 2.24) is 14.4 Å². The Bertz CT molecular complexity index is 645. The van der Waals surface area contributed by atoms with Crippen molar-refractivity contribution in [3.05, 3.63) is 35.1 Å². The molecule has 0 amide bonds. The van der Waals surface area contributed by atoms with E-state index >= 15 is 0 Å². The molecule has 0 aliphatic heterocycles. The van der Waals surface area contributed by atoms with Gasteiger partial charge in [0.15, 0.2) is 4.96 Å². The van der Waals surface area contributed by atoms with Gasteiger partial charge in [-0.1, -0.05) is 0 Å². The summed E-state index contributed by atoms with van der Waals surface area (Å²) in [7, 11) is 0. The lowest BCUT2D eigenvalue weighted by atomic mass is 10.3. The molecular weight excluding hydrogens is 218 g/mol. The Morgan fingerprint density at radius 3 is 3.25 bits per heavy atom. The average Bonchev–Trinajstić information content (AvgIpc) is 2.98. The zero-order valence-corrected chi connectivity index (χ0v) is 9.55. The van der Waals surface area contributed by atoms with Gasteiger partial charge < -0.3 is 4.98 Å². The van der Waals surface area contributed by atoms with E-state index in [0.29, 0.717) is 0 Å². The minimum Gasteiger partial charge on any atom is -0.360 e. The van der Waals surface area contributed by atoms with Crippen molar-refractivity contribution in [2.75, 3.05) is 0 Å². The van der Waals surface area contributed by atoms with Crippen LogP contribution >= 0.6 is 11.3 Å². The highest BCUT2D eigenvalue weighted by Crippen LogP contribution is 2.32. The van der Waals surface area contributed by atoms with E-state index in [9.17, 15) is 0 Å². The standard InChI is InChI=1S/C12H11N3S/c1-4-10-11(5-1)16-12-14-9(7-15(10)12)8-3-2-6-13-8/h2-3,6-7,13H,1,4-5H2. The van der Waals surface area contributed by atoms with Crippen LogP contribution in [0, 0.1) is 0 Å². The fourth-order valence-electron chi connectivity index (χ4n) is 2.42. The molecule has 4 heteroatoms. The van der Waals surface area contributed by atoms with Gasteiger partial charge in [0.25, 0.3) is 0 Å². The van der Waals surface area contributed by atoms with Crippen molar-refractivity contribution in [2.45, 2.75) is 19.3 Å². The van der Waals surface area contributed by atoms with E-state index < -0.39 is 0 Å². The summed E-state index contributed by atoms with van der Waals surface area (Å²) in [5.41, 5.74) is 3.62. The summed E-state index contributed by atoms with van der Waals surface area (Å²) in [6.07, 6.45) is 7.83. The number of imidazole rings is 1. The molecule has 0 aromatic carbocycles. The first-order chi connectivity index (χ1) is 7.92. The normalized spacial score (nSPS) is 14.8. The molecule has 16 heavy (non-hydrogen) atoms. The van der Waals surface area contributed by atoms with Crippen molar-refractivity contribution >= 4 is 16.3 Å². The lowest BCUT2D eigenvalue weighted by Gasteiger charge is -1.91. The van der Waals surface area contributed by atoms with E-state index in [1.54, 1.807) is 0 Å². The lowest BCUT2D eigenvalue weighted by Crippen LogP contribution is -1.85. The van der Waals surface area contributed by atoms with Crippen molar-refractivity contribution in [2.24, 2.45) is 0 Å². The van der Waals surface area contributed by atoms with Crippen molar-refractivity contribution in [3.8, 4) is 11.4 Å². The third kappa shape index (κ3) is 1.05. The number of aryl methyl sites for hydroxylation is 2. The monoisotopic (exact) mass is 229 g/mol. The van der Waals surface area contributed by atoms with Gasteiger partial charge in [-0.05, 0) is 31.4 Å².